The highest BCUT2D eigenvalue weighted by molar-refractivity contribution is 5.97. The molecule has 0 bridgehead atoms. The second-order valence-corrected chi connectivity index (χ2v) is 4.72. The molecular formula is C17H10F4. The van der Waals surface area contributed by atoms with Crippen LogP contribution in [0.15, 0.2) is 60.7 Å². The Morgan fingerprint density at radius 1 is 0.714 bits per heavy atom. The van der Waals surface area contributed by atoms with E-state index in [4.69, 9.17) is 0 Å². The lowest BCUT2D eigenvalue weighted by atomic mass is 9.97. The lowest BCUT2D eigenvalue weighted by Gasteiger charge is -2.11. The van der Waals surface area contributed by atoms with Gasteiger partial charge in [0, 0.05) is 5.39 Å². The van der Waals surface area contributed by atoms with Crippen molar-refractivity contribution in [3.63, 3.8) is 0 Å². The maximum absolute atomic E-state index is 13.8. The van der Waals surface area contributed by atoms with E-state index in [1.807, 2.05) is 0 Å². The predicted octanol–water partition coefficient (Wildman–Crippen LogP) is 5.66. The van der Waals surface area contributed by atoms with E-state index in [0.717, 1.165) is 12.1 Å². The van der Waals surface area contributed by atoms with Gasteiger partial charge in [0.05, 0.1) is 5.56 Å². The number of benzene rings is 3. The third-order valence-electron chi connectivity index (χ3n) is 3.37. The molecule has 0 radical (unpaired) electrons. The van der Waals surface area contributed by atoms with Gasteiger partial charge in [0.2, 0.25) is 0 Å². The van der Waals surface area contributed by atoms with Crippen molar-refractivity contribution < 1.29 is 17.6 Å². The van der Waals surface area contributed by atoms with Crippen molar-refractivity contribution >= 4 is 10.8 Å². The van der Waals surface area contributed by atoms with Crippen LogP contribution >= 0.6 is 0 Å². The molecule has 3 aromatic carbocycles. The van der Waals surface area contributed by atoms with Gasteiger partial charge in [-0.1, -0.05) is 42.5 Å². The second kappa shape index (κ2) is 4.88. The Morgan fingerprint density at radius 3 is 2.14 bits per heavy atom. The molecule has 0 heterocycles. The zero-order valence-corrected chi connectivity index (χ0v) is 10.8. The summed E-state index contributed by atoms with van der Waals surface area (Å²) in [7, 11) is 0. The summed E-state index contributed by atoms with van der Waals surface area (Å²) in [6.45, 7) is 0. The molecule has 0 fully saturated rings. The smallest absolute Gasteiger partial charge is 0.206 e. The quantitative estimate of drug-likeness (QED) is 0.507. The van der Waals surface area contributed by atoms with E-state index in [2.05, 4.69) is 0 Å². The number of alkyl halides is 3. The zero-order valence-electron chi connectivity index (χ0n) is 10.8. The fourth-order valence-electron chi connectivity index (χ4n) is 2.39. The minimum absolute atomic E-state index is 0.388. The highest BCUT2D eigenvalue weighted by atomic mass is 19.4. The van der Waals surface area contributed by atoms with Crippen LogP contribution < -0.4 is 0 Å². The first kappa shape index (κ1) is 13.6. The molecule has 0 aromatic heterocycles. The maximum Gasteiger partial charge on any atom is 0.416 e. The first-order chi connectivity index (χ1) is 9.97. The average molecular weight is 290 g/mol. The SMILES string of the molecule is Fc1cccc2c(-c3cccc(C(F)(F)F)c3)cccc12. The predicted molar refractivity (Wildman–Crippen MR) is 74.3 cm³/mol. The van der Waals surface area contributed by atoms with Crippen LogP contribution in [-0.4, -0.2) is 0 Å². The number of fused-ring (bicyclic) bond motifs is 1. The Kier molecular flexibility index (Phi) is 3.16. The summed E-state index contributed by atoms with van der Waals surface area (Å²) in [5.74, 6) is -0.388. The largest absolute Gasteiger partial charge is 0.416 e. The summed E-state index contributed by atoms with van der Waals surface area (Å²) in [6, 6.07) is 14.6. The van der Waals surface area contributed by atoms with Crippen molar-refractivity contribution in [1.29, 1.82) is 0 Å². The number of hydrogen-bond acceptors (Lipinski definition) is 0. The van der Waals surface area contributed by atoms with E-state index in [0.29, 0.717) is 21.9 Å². The summed E-state index contributed by atoms with van der Waals surface area (Å²) in [5.41, 5.74) is 0.285. The van der Waals surface area contributed by atoms with Crippen LogP contribution in [0.1, 0.15) is 5.56 Å². The van der Waals surface area contributed by atoms with E-state index in [1.54, 1.807) is 36.4 Å². The number of rotatable bonds is 1. The third-order valence-corrected chi connectivity index (χ3v) is 3.37. The van der Waals surface area contributed by atoms with Gasteiger partial charge in [-0.15, -0.1) is 0 Å². The van der Waals surface area contributed by atoms with Gasteiger partial charge in [-0.2, -0.15) is 13.2 Å². The highest BCUT2D eigenvalue weighted by Crippen LogP contribution is 2.34. The summed E-state index contributed by atoms with van der Waals surface area (Å²) in [5, 5.41) is 0.990. The zero-order chi connectivity index (χ0) is 15.0. The fraction of sp³-hybridized carbons (Fsp3) is 0.0588. The van der Waals surface area contributed by atoms with Crippen LogP contribution in [-0.2, 0) is 6.18 Å². The van der Waals surface area contributed by atoms with Gasteiger partial charge in [0.25, 0.3) is 0 Å². The molecule has 0 aliphatic rings. The first-order valence-corrected chi connectivity index (χ1v) is 6.32. The average Bonchev–Trinajstić information content (AvgIpc) is 2.46. The molecule has 21 heavy (non-hydrogen) atoms. The molecule has 0 nitrogen and oxygen atoms in total. The van der Waals surface area contributed by atoms with Crippen molar-refractivity contribution in [2.75, 3.05) is 0 Å². The molecule has 0 N–H and O–H groups in total. The molecule has 0 saturated carbocycles. The third kappa shape index (κ3) is 2.49. The Balaban J connectivity index is 2.24. The Bertz CT molecular complexity index is 803. The molecule has 3 aromatic rings. The van der Waals surface area contributed by atoms with Gasteiger partial charge in [-0.3, -0.25) is 0 Å². The van der Waals surface area contributed by atoms with Gasteiger partial charge >= 0.3 is 6.18 Å². The minimum atomic E-state index is -4.40. The van der Waals surface area contributed by atoms with E-state index in [9.17, 15) is 17.6 Å². The molecule has 106 valence electrons. The van der Waals surface area contributed by atoms with Crippen LogP contribution in [0.3, 0.4) is 0 Å². The Labute approximate surface area is 118 Å². The van der Waals surface area contributed by atoms with Crippen LogP contribution in [0.5, 0.6) is 0 Å². The fourth-order valence-corrected chi connectivity index (χ4v) is 2.39. The van der Waals surface area contributed by atoms with E-state index in [1.165, 1.54) is 12.1 Å². The molecule has 0 atom stereocenters. The highest BCUT2D eigenvalue weighted by Gasteiger charge is 2.30. The molecule has 3 rings (SSSR count). The molecule has 4 heteroatoms. The summed E-state index contributed by atoms with van der Waals surface area (Å²) < 4.78 is 52.2. The monoisotopic (exact) mass is 290 g/mol. The molecule has 0 spiro atoms. The van der Waals surface area contributed by atoms with Crippen molar-refractivity contribution in [2.45, 2.75) is 6.18 Å². The molecule has 0 aliphatic heterocycles. The van der Waals surface area contributed by atoms with E-state index in [-0.39, 0.29) is 5.82 Å². The number of hydrogen-bond donors (Lipinski definition) is 0. The molecular weight excluding hydrogens is 280 g/mol. The molecule has 0 unspecified atom stereocenters. The summed E-state index contributed by atoms with van der Waals surface area (Å²) in [6.07, 6.45) is -4.40. The standard InChI is InChI=1S/C17H10F4/c18-16-9-3-7-14-13(6-2-8-15(14)16)11-4-1-5-12(10-11)17(19,20)21/h1-10H. The van der Waals surface area contributed by atoms with Crippen molar-refractivity contribution in [3.8, 4) is 11.1 Å². The molecule has 0 saturated heterocycles. The van der Waals surface area contributed by atoms with E-state index < -0.39 is 11.7 Å². The van der Waals surface area contributed by atoms with Crippen molar-refractivity contribution in [1.82, 2.24) is 0 Å². The maximum atomic E-state index is 13.8. The molecule has 0 amide bonds. The van der Waals surface area contributed by atoms with Crippen LogP contribution in [0.2, 0.25) is 0 Å². The van der Waals surface area contributed by atoms with Crippen molar-refractivity contribution in [2.24, 2.45) is 0 Å². The Morgan fingerprint density at radius 2 is 1.38 bits per heavy atom. The van der Waals surface area contributed by atoms with Gasteiger partial charge in [0.15, 0.2) is 0 Å². The van der Waals surface area contributed by atoms with Crippen molar-refractivity contribution in [3.05, 3.63) is 72.0 Å². The summed E-state index contributed by atoms with van der Waals surface area (Å²) in [4.78, 5) is 0. The lowest BCUT2D eigenvalue weighted by Crippen LogP contribution is -2.04. The topological polar surface area (TPSA) is 0 Å². The minimum Gasteiger partial charge on any atom is -0.206 e. The normalized spacial score (nSPS) is 11.8. The first-order valence-electron chi connectivity index (χ1n) is 6.32. The second-order valence-electron chi connectivity index (χ2n) is 4.72. The lowest BCUT2D eigenvalue weighted by molar-refractivity contribution is -0.137. The summed E-state index contributed by atoms with van der Waals surface area (Å²) >= 11 is 0. The Hall–Kier alpha value is -2.36. The van der Waals surface area contributed by atoms with Crippen LogP contribution in [0.25, 0.3) is 21.9 Å². The van der Waals surface area contributed by atoms with Crippen LogP contribution in [0.4, 0.5) is 17.6 Å². The number of halogens is 4. The van der Waals surface area contributed by atoms with E-state index >= 15 is 0 Å². The molecule has 0 aliphatic carbocycles. The van der Waals surface area contributed by atoms with Gasteiger partial charge < -0.3 is 0 Å². The van der Waals surface area contributed by atoms with Gasteiger partial charge in [-0.25, -0.2) is 4.39 Å². The van der Waals surface area contributed by atoms with Crippen LogP contribution in [0, 0.1) is 5.82 Å². The van der Waals surface area contributed by atoms with Gasteiger partial charge in [0.1, 0.15) is 5.82 Å². The van der Waals surface area contributed by atoms with Gasteiger partial charge in [-0.05, 0) is 34.7 Å².